The lowest BCUT2D eigenvalue weighted by Gasteiger charge is -2.24. The zero-order valence-electron chi connectivity index (χ0n) is 18.5. The average Bonchev–Trinajstić information content (AvgIpc) is 3.06. The molecule has 3 aromatic heterocycles. The highest BCUT2D eigenvalue weighted by Crippen LogP contribution is 2.37. The van der Waals surface area contributed by atoms with Crippen molar-refractivity contribution < 1.29 is 40.6 Å². The van der Waals surface area contributed by atoms with Gasteiger partial charge in [-0.05, 0) is 32.9 Å². The molecule has 0 saturated carbocycles. The minimum Gasteiger partial charge on any atom is -0.618 e. The minimum absolute atomic E-state index is 0.0631. The van der Waals surface area contributed by atoms with Crippen LogP contribution in [0.4, 0.5) is 36.8 Å². The molecule has 0 saturated heterocycles. The Kier molecular flexibility index (Phi) is 6.18. The molecule has 3 heterocycles. The van der Waals surface area contributed by atoms with Gasteiger partial charge in [0.05, 0.1) is 18.3 Å². The molecule has 0 fully saturated rings. The number of halogens is 6. The topological polar surface area (TPSA) is 74.3 Å². The molecule has 34 heavy (non-hydrogen) atoms. The Bertz CT molecular complexity index is 1210. The van der Waals surface area contributed by atoms with Crippen molar-refractivity contribution in [2.24, 2.45) is 0 Å². The molecule has 0 radical (unpaired) electrons. The maximum Gasteiger partial charge on any atom is 0.455 e. The number of hydrogen-bond donors (Lipinski definition) is 0. The zero-order valence-corrected chi connectivity index (χ0v) is 18.5. The maximum atomic E-state index is 14.8. The SMILES string of the molecule is CN(C(=O)OC(C)(C)C)c1cc(F)c(-c2cc3ccn(CC(F)(F)C(F)(F)F)c3cn2)[n+]([O-])c1. The van der Waals surface area contributed by atoms with Crippen LogP contribution >= 0.6 is 0 Å². The van der Waals surface area contributed by atoms with E-state index in [-0.39, 0.29) is 27.0 Å². The summed E-state index contributed by atoms with van der Waals surface area (Å²) in [4.78, 5) is 17.0. The van der Waals surface area contributed by atoms with Gasteiger partial charge in [0.15, 0.2) is 5.82 Å². The lowest BCUT2D eigenvalue weighted by molar-refractivity contribution is -0.594. The molecule has 0 aliphatic rings. The van der Waals surface area contributed by atoms with Crippen molar-refractivity contribution in [3.63, 3.8) is 0 Å². The van der Waals surface area contributed by atoms with Gasteiger partial charge in [0.25, 0.3) is 5.69 Å². The third-order valence-electron chi connectivity index (χ3n) is 4.71. The van der Waals surface area contributed by atoms with Crippen LogP contribution in [0.25, 0.3) is 22.3 Å². The first kappa shape index (κ1) is 25.1. The van der Waals surface area contributed by atoms with E-state index in [1.165, 1.54) is 19.2 Å². The van der Waals surface area contributed by atoms with Crippen molar-refractivity contribution >= 4 is 22.7 Å². The van der Waals surface area contributed by atoms with Crippen LogP contribution in [0, 0.1) is 11.0 Å². The molecule has 0 aliphatic carbocycles. The number of rotatable bonds is 4. The smallest absolute Gasteiger partial charge is 0.455 e. The van der Waals surface area contributed by atoms with E-state index in [2.05, 4.69) is 4.98 Å². The lowest BCUT2D eigenvalue weighted by Crippen LogP contribution is -2.40. The van der Waals surface area contributed by atoms with E-state index in [0.717, 1.165) is 29.6 Å². The number of pyridine rings is 2. The second kappa shape index (κ2) is 8.37. The molecule has 0 atom stereocenters. The quantitative estimate of drug-likeness (QED) is 0.292. The Hall–Kier alpha value is -3.51. The Morgan fingerprint density at radius 3 is 2.41 bits per heavy atom. The highest BCUT2D eigenvalue weighted by atomic mass is 19.4. The van der Waals surface area contributed by atoms with Crippen LogP contribution in [-0.4, -0.2) is 40.4 Å². The van der Waals surface area contributed by atoms with Gasteiger partial charge in [0.2, 0.25) is 6.20 Å². The summed E-state index contributed by atoms with van der Waals surface area (Å²) >= 11 is 0. The van der Waals surface area contributed by atoms with Gasteiger partial charge in [-0.25, -0.2) is 9.78 Å². The molecule has 3 rings (SSSR count). The van der Waals surface area contributed by atoms with Crippen molar-refractivity contribution in [1.29, 1.82) is 0 Å². The minimum atomic E-state index is -5.73. The zero-order chi connectivity index (χ0) is 25.6. The first-order chi connectivity index (χ1) is 15.5. The number of amides is 1. The number of carbonyl (C=O) groups is 1. The van der Waals surface area contributed by atoms with Gasteiger partial charge in [0.1, 0.15) is 17.0 Å². The van der Waals surface area contributed by atoms with E-state index in [0.29, 0.717) is 4.57 Å². The fourth-order valence-electron chi connectivity index (χ4n) is 3.04. The van der Waals surface area contributed by atoms with Crippen LogP contribution in [-0.2, 0) is 11.3 Å². The first-order valence-electron chi connectivity index (χ1n) is 9.79. The third kappa shape index (κ3) is 5.02. The van der Waals surface area contributed by atoms with E-state index in [9.17, 15) is 36.3 Å². The molecule has 184 valence electrons. The molecule has 0 bridgehead atoms. The second-order valence-electron chi connectivity index (χ2n) is 8.53. The standard InChI is InChI=1S/C21H20F6N4O3/c1-19(2,3)34-18(32)29(4)13-8-14(22)17(31(33)10-13)15-7-12-5-6-30(16(12)9-28-15)11-20(23,24)21(25,26)27/h5-10H,11H2,1-4H3. The molecule has 0 unspecified atom stereocenters. The van der Waals surface area contributed by atoms with Crippen LogP contribution < -0.4 is 9.63 Å². The molecule has 0 aliphatic heterocycles. The van der Waals surface area contributed by atoms with Gasteiger partial charge in [0, 0.05) is 24.7 Å². The number of ether oxygens (including phenoxy) is 1. The number of anilines is 1. The van der Waals surface area contributed by atoms with Crippen LogP contribution in [0.1, 0.15) is 20.8 Å². The highest BCUT2D eigenvalue weighted by molar-refractivity contribution is 5.87. The summed E-state index contributed by atoms with van der Waals surface area (Å²) in [5.41, 5.74) is -1.71. The molecule has 13 heteroatoms. The molecular formula is C21H20F6N4O3. The monoisotopic (exact) mass is 490 g/mol. The number of hydrogen-bond acceptors (Lipinski definition) is 4. The molecule has 0 N–H and O–H groups in total. The molecule has 3 aromatic rings. The summed E-state index contributed by atoms with van der Waals surface area (Å²) < 4.78 is 85.3. The number of carbonyl (C=O) groups excluding carboxylic acids is 1. The summed E-state index contributed by atoms with van der Waals surface area (Å²) in [6, 6.07) is 3.33. The summed E-state index contributed by atoms with van der Waals surface area (Å²) in [5, 5.41) is 12.7. The van der Waals surface area contributed by atoms with Crippen molar-refractivity contribution in [3.8, 4) is 11.4 Å². The molecule has 0 aromatic carbocycles. The normalized spacial score (nSPS) is 12.8. The van der Waals surface area contributed by atoms with Gasteiger partial charge in [-0.3, -0.25) is 4.90 Å². The summed E-state index contributed by atoms with van der Waals surface area (Å²) in [5.74, 6) is -6.02. The van der Waals surface area contributed by atoms with Crippen LogP contribution in [0.2, 0.25) is 0 Å². The Labute approximate surface area is 189 Å². The third-order valence-corrected chi connectivity index (χ3v) is 4.71. The summed E-state index contributed by atoms with van der Waals surface area (Å²) in [7, 11) is 1.28. The van der Waals surface area contributed by atoms with Crippen LogP contribution in [0.3, 0.4) is 0 Å². The van der Waals surface area contributed by atoms with Crippen molar-refractivity contribution in [2.45, 2.75) is 45.0 Å². The predicted molar refractivity (Wildman–Crippen MR) is 110 cm³/mol. The van der Waals surface area contributed by atoms with Gasteiger partial charge in [-0.2, -0.15) is 31.1 Å². The average molecular weight is 490 g/mol. The van der Waals surface area contributed by atoms with E-state index in [1.54, 1.807) is 20.8 Å². The van der Waals surface area contributed by atoms with Crippen molar-refractivity contribution in [3.05, 3.63) is 47.8 Å². The first-order valence-corrected chi connectivity index (χ1v) is 9.79. The van der Waals surface area contributed by atoms with Gasteiger partial charge in [-0.1, -0.05) is 0 Å². The summed E-state index contributed by atoms with van der Waals surface area (Å²) in [6.07, 6.45) is -3.66. The van der Waals surface area contributed by atoms with Gasteiger partial charge >= 0.3 is 18.2 Å². The van der Waals surface area contributed by atoms with E-state index < -0.39 is 41.8 Å². The highest BCUT2D eigenvalue weighted by Gasteiger charge is 2.57. The second-order valence-corrected chi connectivity index (χ2v) is 8.53. The molecule has 1 amide bonds. The Morgan fingerprint density at radius 2 is 1.85 bits per heavy atom. The van der Waals surface area contributed by atoms with Crippen LogP contribution in [0.15, 0.2) is 36.8 Å². The van der Waals surface area contributed by atoms with Crippen molar-refractivity contribution in [2.75, 3.05) is 11.9 Å². The Balaban J connectivity index is 1.94. The Morgan fingerprint density at radius 1 is 1.21 bits per heavy atom. The molecule has 7 nitrogen and oxygen atoms in total. The maximum absolute atomic E-state index is 14.8. The fourth-order valence-corrected chi connectivity index (χ4v) is 3.04. The number of alkyl halides is 5. The van der Waals surface area contributed by atoms with E-state index >= 15 is 0 Å². The molecule has 0 spiro atoms. The largest absolute Gasteiger partial charge is 0.618 e. The van der Waals surface area contributed by atoms with Crippen LogP contribution in [0.5, 0.6) is 0 Å². The van der Waals surface area contributed by atoms with E-state index in [1.807, 2.05) is 0 Å². The van der Waals surface area contributed by atoms with Crippen molar-refractivity contribution in [1.82, 2.24) is 9.55 Å². The fraction of sp³-hybridized carbons (Fsp3) is 0.381. The summed E-state index contributed by atoms with van der Waals surface area (Å²) in [6.45, 7) is 3.24. The van der Waals surface area contributed by atoms with E-state index in [4.69, 9.17) is 4.74 Å². The number of fused-ring (bicyclic) bond motifs is 1. The number of nitrogens with zero attached hydrogens (tertiary/aromatic N) is 4. The van der Waals surface area contributed by atoms with Gasteiger partial charge in [-0.15, -0.1) is 0 Å². The lowest BCUT2D eigenvalue weighted by atomic mass is 10.2. The number of aromatic nitrogens is 3. The molecular weight excluding hydrogens is 470 g/mol. The predicted octanol–water partition coefficient (Wildman–Crippen LogP) is 5.04. The van der Waals surface area contributed by atoms with Gasteiger partial charge < -0.3 is 14.5 Å².